The minimum Gasteiger partial charge on any atom is -0.480 e. The van der Waals surface area contributed by atoms with Gasteiger partial charge in [-0.05, 0) is 31.5 Å². The van der Waals surface area contributed by atoms with Crippen LogP contribution in [0.15, 0.2) is 24.3 Å². The quantitative estimate of drug-likeness (QED) is 0.791. The molecule has 0 saturated carbocycles. The summed E-state index contributed by atoms with van der Waals surface area (Å²) in [5.41, 5.74) is 0.976. The number of likely N-dealkylation sites (N-methyl/N-ethyl adjacent to an activating group) is 1. The van der Waals surface area contributed by atoms with Gasteiger partial charge in [0, 0.05) is 0 Å². The van der Waals surface area contributed by atoms with Gasteiger partial charge in [-0.15, -0.1) is 0 Å². The van der Waals surface area contributed by atoms with E-state index in [1.807, 2.05) is 24.3 Å². The minimum atomic E-state index is -1.01. The molecule has 1 atom stereocenters. The van der Waals surface area contributed by atoms with Gasteiger partial charge < -0.3 is 10.4 Å². The second-order valence-corrected chi connectivity index (χ2v) is 3.73. The number of carbonyl (C=O) groups is 1. The van der Waals surface area contributed by atoms with E-state index in [9.17, 15) is 4.79 Å². The molecule has 0 fully saturated rings. The zero-order valence-electron chi connectivity index (χ0n) is 9.37. The topological polar surface area (TPSA) is 49.3 Å². The average Bonchev–Trinajstić information content (AvgIpc) is 2.28. The fraction of sp³-hybridized carbons (Fsp3) is 0.417. The van der Waals surface area contributed by atoms with Gasteiger partial charge >= 0.3 is 5.97 Å². The fourth-order valence-electron chi connectivity index (χ4n) is 1.45. The van der Waals surface area contributed by atoms with Crippen molar-refractivity contribution in [3.63, 3.8) is 0 Å². The van der Waals surface area contributed by atoms with Crippen LogP contribution in [0, 0.1) is 0 Å². The van der Waals surface area contributed by atoms with Crippen LogP contribution in [-0.2, 0) is 16.8 Å². The Hall–Kier alpha value is -1.35. The summed E-state index contributed by atoms with van der Waals surface area (Å²) < 4.78 is 0. The molecule has 1 aromatic carbocycles. The van der Waals surface area contributed by atoms with Gasteiger partial charge in [-0.2, -0.15) is 0 Å². The van der Waals surface area contributed by atoms with Crippen LogP contribution >= 0.6 is 0 Å². The molecule has 0 saturated heterocycles. The van der Waals surface area contributed by atoms with E-state index in [1.165, 1.54) is 5.56 Å². The van der Waals surface area contributed by atoms with Crippen molar-refractivity contribution in [1.82, 2.24) is 5.32 Å². The first-order valence-corrected chi connectivity index (χ1v) is 5.06. The maximum absolute atomic E-state index is 11.1. The highest BCUT2D eigenvalue weighted by Crippen LogP contribution is 2.21. The van der Waals surface area contributed by atoms with Crippen molar-refractivity contribution >= 4 is 5.97 Å². The molecule has 1 rings (SSSR count). The SMILES string of the molecule is CCc1ccc(C(C)(NC)C(=O)O)cc1. The summed E-state index contributed by atoms with van der Waals surface area (Å²) in [6.45, 7) is 3.74. The highest BCUT2D eigenvalue weighted by atomic mass is 16.4. The first kappa shape index (κ1) is 11.7. The zero-order valence-corrected chi connectivity index (χ0v) is 9.37. The average molecular weight is 207 g/mol. The van der Waals surface area contributed by atoms with E-state index >= 15 is 0 Å². The summed E-state index contributed by atoms with van der Waals surface area (Å²) in [6, 6.07) is 7.66. The molecule has 15 heavy (non-hydrogen) atoms. The van der Waals surface area contributed by atoms with E-state index in [0.29, 0.717) is 0 Å². The lowest BCUT2D eigenvalue weighted by molar-refractivity contribution is -0.144. The van der Waals surface area contributed by atoms with Crippen LogP contribution in [0.5, 0.6) is 0 Å². The largest absolute Gasteiger partial charge is 0.480 e. The van der Waals surface area contributed by atoms with Gasteiger partial charge in [-0.25, -0.2) is 4.79 Å². The van der Waals surface area contributed by atoms with Crippen LogP contribution in [0.3, 0.4) is 0 Å². The van der Waals surface area contributed by atoms with E-state index in [-0.39, 0.29) is 0 Å². The molecular weight excluding hydrogens is 190 g/mol. The van der Waals surface area contributed by atoms with E-state index < -0.39 is 11.5 Å². The summed E-state index contributed by atoms with van der Waals surface area (Å²) in [5, 5.41) is 12.0. The number of benzene rings is 1. The number of aryl methyl sites for hydroxylation is 1. The van der Waals surface area contributed by atoms with Crippen molar-refractivity contribution in [2.75, 3.05) is 7.05 Å². The van der Waals surface area contributed by atoms with Crippen LogP contribution in [0.2, 0.25) is 0 Å². The molecule has 0 aliphatic rings. The number of carboxylic acid groups (broad SMARTS) is 1. The lowest BCUT2D eigenvalue weighted by Crippen LogP contribution is -2.44. The second-order valence-electron chi connectivity index (χ2n) is 3.73. The molecule has 1 aromatic rings. The standard InChI is InChI=1S/C12H17NO2/c1-4-9-5-7-10(8-6-9)12(2,13-3)11(14)15/h5-8,13H,4H2,1-3H3,(H,14,15). The van der Waals surface area contributed by atoms with Crippen molar-refractivity contribution in [2.45, 2.75) is 25.8 Å². The summed E-state index contributed by atoms with van der Waals surface area (Å²) in [4.78, 5) is 11.1. The summed E-state index contributed by atoms with van der Waals surface area (Å²) in [5.74, 6) is -0.866. The van der Waals surface area contributed by atoms with Crippen LogP contribution in [0.25, 0.3) is 0 Å². The van der Waals surface area contributed by atoms with Gasteiger partial charge in [0.15, 0.2) is 0 Å². The first-order chi connectivity index (χ1) is 7.04. The Kier molecular flexibility index (Phi) is 3.48. The van der Waals surface area contributed by atoms with E-state index in [4.69, 9.17) is 5.11 Å². The van der Waals surface area contributed by atoms with Crippen molar-refractivity contribution in [2.24, 2.45) is 0 Å². The van der Waals surface area contributed by atoms with E-state index in [1.54, 1.807) is 14.0 Å². The molecule has 0 heterocycles. The number of hydrogen-bond acceptors (Lipinski definition) is 2. The van der Waals surface area contributed by atoms with Crippen LogP contribution in [0.4, 0.5) is 0 Å². The van der Waals surface area contributed by atoms with Gasteiger partial charge in [-0.3, -0.25) is 0 Å². The molecule has 0 aliphatic heterocycles. The maximum atomic E-state index is 11.1. The number of carboxylic acids is 1. The van der Waals surface area contributed by atoms with Crippen molar-refractivity contribution in [1.29, 1.82) is 0 Å². The molecule has 1 unspecified atom stereocenters. The smallest absolute Gasteiger partial charge is 0.328 e. The van der Waals surface area contributed by atoms with Gasteiger partial charge in [0.2, 0.25) is 0 Å². The molecule has 0 amide bonds. The monoisotopic (exact) mass is 207 g/mol. The predicted octanol–water partition coefficient (Wildman–Crippen LogP) is 1.77. The lowest BCUT2D eigenvalue weighted by atomic mass is 9.91. The fourth-order valence-corrected chi connectivity index (χ4v) is 1.45. The molecule has 3 nitrogen and oxygen atoms in total. The highest BCUT2D eigenvalue weighted by Gasteiger charge is 2.32. The number of hydrogen-bond donors (Lipinski definition) is 2. The molecule has 0 aliphatic carbocycles. The summed E-state index contributed by atoms with van der Waals surface area (Å²) >= 11 is 0. The maximum Gasteiger partial charge on any atom is 0.328 e. The Bertz CT molecular complexity index is 345. The predicted molar refractivity (Wildman–Crippen MR) is 59.9 cm³/mol. The highest BCUT2D eigenvalue weighted by molar-refractivity contribution is 5.80. The Labute approximate surface area is 90.1 Å². The molecule has 3 heteroatoms. The Morgan fingerprint density at radius 1 is 1.40 bits per heavy atom. The molecule has 0 aromatic heterocycles. The zero-order chi connectivity index (χ0) is 11.5. The molecular formula is C12H17NO2. The number of nitrogens with one attached hydrogen (secondary N) is 1. The van der Waals surface area contributed by atoms with Crippen LogP contribution in [0.1, 0.15) is 25.0 Å². The first-order valence-electron chi connectivity index (χ1n) is 5.06. The minimum absolute atomic E-state index is 0.773. The molecule has 0 bridgehead atoms. The molecule has 0 spiro atoms. The number of aliphatic carboxylic acids is 1. The molecule has 2 N–H and O–H groups in total. The lowest BCUT2D eigenvalue weighted by Gasteiger charge is -2.24. The normalized spacial score (nSPS) is 14.6. The second kappa shape index (κ2) is 4.45. The van der Waals surface area contributed by atoms with Crippen LogP contribution in [-0.4, -0.2) is 18.1 Å². The van der Waals surface area contributed by atoms with Gasteiger partial charge in [0.1, 0.15) is 5.54 Å². The van der Waals surface area contributed by atoms with Crippen LogP contribution < -0.4 is 5.32 Å². The van der Waals surface area contributed by atoms with Gasteiger partial charge in [0.05, 0.1) is 0 Å². The number of rotatable bonds is 4. The van der Waals surface area contributed by atoms with Crippen molar-refractivity contribution in [3.05, 3.63) is 35.4 Å². The van der Waals surface area contributed by atoms with Gasteiger partial charge in [-0.1, -0.05) is 31.2 Å². The summed E-state index contributed by atoms with van der Waals surface area (Å²) in [7, 11) is 1.65. The third-order valence-electron chi connectivity index (χ3n) is 2.87. The van der Waals surface area contributed by atoms with Crippen molar-refractivity contribution < 1.29 is 9.90 Å². The third kappa shape index (κ3) is 2.18. The summed E-state index contributed by atoms with van der Waals surface area (Å²) in [6.07, 6.45) is 0.962. The van der Waals surface area contributed by atoms with Gasteiger partial charge in [0.25, 0.3) is 0 Å². The van der Waals surface area contributed by atoms with Crippen molar-refractivity contribution in [3.8, 4) is 0 Å². The Morgan fingerprint density at radius 3 is 2.27 bits per heavy atom. The molecule has 82 valence electrons. The molecule has 0 radical (unpaired) electrons. The van der Waals surface area contributed by atoms with E-state index in [0.717, 1.165) is 12.0 Å². The Morgan fingerprint density at radius 2 is 1.93 bits per heavy atom. The van der Waals surface area contributed by atoms with E-state index in [2.05, 4.69) is 12.2 Å². The Balaban J connectivity index is 3.08. The third-order valence-corrected chi connectivity index (χ3v) is 2.87.